The first-order valence-electron chi connectivity index (χ1n) is 6.15. The van der Waals surface area contributed by atoms with E-state index in [1.165, 1.54) is 28.6 Å². The van der Waals surface area contributed by atoms with E-state index in [1.807, 2.05) is 0 Å². The number of rotatable bonds is 1. The molecule has 0 aliphatic heterocycles. The molecule has 1 aromatic heterocycles. The van der Waals surface area contributed by atoms with E-state index in [-0.39, 0.29) is 5.41 Å². The number of aromatic nitrogens is 1. The Kier molecular flexibility index (Phi) is 2.06. The second kappa shape index (κ2) is 3.37. The highest BCUT2D eigenvalue weighted by atomic mass is 14.9. The van der Waals surface area contributed by atoms with Crippen molar-refractivity contribution in [1.82, 2.24) is 4.57 Å². The minimum absolute atomic E-state index is 0.217. The molecule has 0 saturated heterocycles. The molecule has 0 spiro atoms. The fraction of sp³-hybridized carbons (Fsp3) is 0.400. The Morgan fingerprint density at radius 2 is 2.00 bits per heavy atom. The van der Waals surface area contributed by atoms with Crippen LogP contribution in [0, 0.1) is 18.3 Å². The molecule has 3 rings (SSSR count). The summed E-state index contributed by atoms with van der Waals surface area (Å²) in [6.07, 6.45) is 3.20. The van der Waals surface area contributed by atoms with Gasteiger partial charge in [0.2, 0.25) is 0 Å². The van der Waals surface area contributed by atoms with E-state index in [4.69, 9.17) is 0 Å². The summed E-state index contributed by atoms with van der Waals surface area (Å²) in [5.41, 5.74) is 3.53. The lowest BCUT2D eigenvalue weighted by Crippen LogP contribution is -2.33. The third-order valence-corrected chi connectivity index (χ3v) is 4.30. The van der Waals surface area contributed by atoms with Gasteiger partial charge in [-0.3, -0.25) is 0 Å². The molecule has 0 unspecified atom stereocenters. The molecule has 0 atom stereocenters. The van der Waals surface area contributed by atoms with Crippen LogP contribution in [0.25, 0.3) is 10.9 Å². The van der Waals surface area contributed by atoms with E-state index in [0.717, 1.165) is 12.8 Å². The van der Waals surface area contributed by atoms with Gasteiger partial charge in [0, 0.05) is 29.2 Å². The maximum absolute atomic E-state index is 9.52. The van der Waals surface area contributed by atoms with Gasteiger partial charge in [-0.1, -0.05) is 18.2 Å². The SMILES string of the molecule is Cc1c(C2(C#N)CCC2)c2ccccc2n1C. The number of hydrogen-bond acceptors (Lipinski definition) is 1. The normalized spacial score (nSPS) is 17.7. The first-order valence-corrected chi connectivity index (χ1v) is 6.15. The molecule has 0 amide bonds. The number of nitriles is 1. The molecule has 1 aromatic carbocycles. The van der Waals surface area contributed by atoms with Gasteiger partial charge in [-0.05, 0) is 32.3 Å². The predicted octanol–water partition coefficient (Wildman–Crippen LogP) is 3.43. The maximum Gasteiger partial charge on any atom is 0.0845 e. The lowest BCUT2D eigenvalue weighted by Gasteiger charge is -2.36. The highest BCUT2D eigenvalue weighted by Crippen LogP contribution is 2.47. The molecule has 86 valence electrons. The van der Waals surface area contributed by atoms with Crippen molar-refractivity contribution in [1.29, 1.82) is 5.26 Å². The third-order valence-electron chi connectivity index (χ3n) is 4.30. The van der Waals surface area contributed by atoms with Gasteiger partial charge < -0.3 is 4.57 Å². The number of fused-ring (bicyclic) bond motifs is 1. The van der Waals surface area contributed by atoms with E-state index in [2.05, 4.69) is 48.9 Å². The number of aryl methyl sites for hydroxylation is 1. The first kappa shape index (κ1) is 10.4. The monoisotopic (exact) mass is 224 g/mol. The molecule has 2 aromatic rings. The van der Waals surface area contributed by atoms with Crippen LogP contribution in [0.15, 0.2) is 24.3 Å². The van der Waals surface area contributed by atoms with Crippen molar-refractivity contribution < 1.29 is 0 Å². The lowest BCUT2D eigenvalue weighted by atomic mass is 9.65. The van der Waals surface area contributed by atoms with E-state index >= 15 is 0 Å². The Labute approximate surface area is 101 Å². The van der Waals surface area contributed by atoms with Crippen LogP contribution < -0.4 is 0 Å². The van der Waals surface area contributed by atoms with Gasteiger partial charge >= 0.3 is 0 Å². The zero-order valence-corrected chi connectivity index (χ0v) is 10.3. The van der Waals surface area contributed by atoms with Crippen LogP contribution in [0.1, 0.15) is 30.5 Å². The average Bonchev–Trinajstić information content (AvgIpc) is 2.55. The van der Waals surface area contributed by atoms with Gasteiger partial charge in [-0.2, -0.15) is 5.26 Å². The summed E-state index contributed by atoms with van der Waals surface area (Å²) in [5.74, 6) is 0. The summed E-state index contributed by atoms with van der Waals surface area (Å²) >= 11 is 0. The summed E-state index contributed by atoms with van der Waals surface area (Å²) in [7, 11) is 2.09. The summed E-state index contributed by atoms with van der Waals surface area (Å²) in [6.45, 7) is 2.13. The van der Waals surface area contributed by atoms with Gasteiger partial charge in [0.1, 0.15) is 0 Å². The molecule has 1 fully saturated rings. The van der Waals surface area contributed by atoms with Crippen LogP contribution in [0.3, 0.4) is 0 Å². The van der Waals surface area contributed by atoms with Crippen molar-refractivity contribution in [2.24, 2.45) is 7.05 Å². The minimum Gasteiger partial charge on any atom is -0.348 e. The van der Waals surface area contributed by atoms with Crippen LogP contribution in [0.2, 0.25) is 0 Å². The largest absolute Gasteiger partial charge is 0.348 e. The molecule has 0 N–H and O–H groups in total. The molecule has 0 bridgehead atoms. The van der Waals surface area contributed by atoms with Crippen LogP contribution >= 0.6 is 0 Å². The van der Waals surface area contributed by atoms with Crippen molar-refractivity contribution in [2.75, 3.05) is 0 Å². The Bertz CT molecular complexity index is 624. The molecule has 1 heterocycles. The Morgan fingerprint density at radius 3 is 2.59 bits per heavy atom. The summed E-state index contributed by atoms with van der Waals surface area (Å²) in [6, 6.07) is 11.0. The van der Waals surface area contributed by atoms with E-state index in [9.17, 15) is 5.26 Å². The highest BCUT2D eigenvalue weighted by molar-refractivity contribution is 5.87. The van der Waals surface area contributed by atoms with Gasteiger partial charge in [0.25, 0.3) is 0 Å². The van der Waals surface area contributed by atoms with Gasteiger partial charge in [0.15, 0.2) is 0 Å². The minimum atomic E-state index is -0.217. The highest BCUT2D eigenvalue weighted by Gasteiger charge is 2.42. The number of benzene rings is 1. The predicted molar refractivity (Wildman–Crippen MR) is 68.8 cm³/mol. The molecule has 1 saturated carbocycles. The van der Waals surface area contributed by atoms with Crippen LogP contribution in [0.4, 0.5) is 0 Å². The lowest BCUT2D eigenvalue weighted by molar-refractivity contribution is 0.324. The Balaban J connectivity index is 2.37. The smallest absolute Gasteiger partial charge is 0.0845 e. The molecule has 17 heavy (non-hydrogen) atoms. The molecular weight excluding hydrogens is 208 g/mol. The second-order valence-corrected chi connectivity index (χ2v) is 5.08. The zero-order valence-electron chi connectivity index (χ0n) is 10.3. The first-order chi connectivity index (χ1) is 8.19. The standard InChI is InChI=1S/C15H16N2/c1-11-14(15(10-16)8-5-9-15)12-6-3-4-7-13(12)17(11)2/h3-4,6-7H,5,8-9H2,1-2H3. The summed E-state index contributed by atoms with van der Waals surface area (Å²) in [4.78, 5) is 0. The Morgan fingerprint density at radius 1 is 1.29 bits per heavy atom. The molecule has 1 aliphatic rings. The number of para-hydroxylation sites is 1. The van der Waals surface area contributed by atoms with Crippen molar-refractivity contribution in [2.45, 2.75) is 31.6 Å². The summed E-state index contributed by atoms with van der Waals surface area (Å²) in [5, 5.41) is 10.8. The van der Waals surface area contributed by atoms with Gasteiger partial charge in [0.05, 0.1) is 11.5 Å². The molecule has 1 aliphatic carbocycles. The van der Waals surface area contributed by atoms with Crippen LogP contribution in [0.5, 0.6) is 0 Å². The average molecular weight is 224 g/mol. The topological polar surface area (TPSA) is 28.7 Å². The zero-order chi connectivity index (χ0) is 12.0. The Hall–Kier alpha value is -1.75. The van der Waals surface area contributed by atoms with Crippen molar-refractivity contribution in [3.05, 3.63) is 35.5 Å². The second-order valence-electron chi connectivity index (χ2n) is 5.08. The van der Waals surface area contributed by atoms with E-state index < -0.39 is 0 Å². The maximum atomic E-state index is 9.52. The molecular formula is C15H16N2. The molecule has 2 heteroatoms. The van der Waals surface area contributed by atoms with Crippen LogP contribution in [-0.4, -0.2) is 4.57 Å². The summed E-state index contributed by atoms with van der Waals surface area (Å²) < 4.78 is 2.21. The number of hydrogen-bond donors (Lipinski definition) is 0. The number of nitrogens with zero attached hydrogens (tertiary/aromatic N) is 2. The van der Waals surface area contributed by atoms with Crippen molar-refractivity contribution in [3.63, 3.8) is 0 Å². The quantitative estimate of drug-likeness (QED) is 0.729. The van der Waals surface area contributed by atoms with E-state index in [1.54, 1.807) is 0 Å². The fourth-order valence-corrected chi connectivity index (χ4v) is 3.07. The third kappa shape index (κ3) is 1.20. The van der Waals surface area contributed by atoms with E-state index in [0.29, 0.717) is 0 Å². The molecule has 2 nitrogen and oxygen atoms in total. The fourth-order valence-electron chi connectivity index (χ4n) is 3.07. The molecule has 0 radical (unpaired) electrons. The van der Waals surface area contributed by atoms with Gasteiger partial charge in [-0.15, -0.1) is 0 Å². The van der Waals surface area contributed by atoms with Crippen molar-refractivity contribution >= 4 is 10.9 Å². The van der Waals surface area contributed by atoms with Gasteiger partial charge in [-0.25, -0.2) is 0 Å². The van der Waals surface area contributed by atoms with Crippen molar-refractivity contribution in [3.8, 4) is 6.07 Å². The van der Waals surface area contributed by atoms with Crippen LogP contribution in [-0.2, 0) is 12.5 Å².